The number of hydrogen-bond donors (Lipinski definition) is 2. The number of phenols is 1. The van der Waals surface area contributed by atoms with Crippen LogP contribution in [0.2, 0.25) is 0 Å². The molecule has 1 aromatic carbocycles. The van der Waals surface area contributed by atoms with Crippen LogP contribution in [0.4, 0.5) is 0 Å². The van der Waals surface area contributed by atoms with Gasteiger partial charge >= 0.3 is 0 Å². The van der Waals surface area contributed by atoms with Crippen LogP contribution in [0.3, 0.4) is 0 Å². The van der Waals surface area contributed by atoms with Gasteiger partial charge in [-0.3, -0.25) is 4.79 Å². The molecule has 3 nitrogen and oxygen atoms in total. The molecule has 0 saturated heterocycles. The lowest BCUT2D eigenvalue weighted by molar-refractivity contribution is -0.126. The van der Waals surface area contributed by atoms with Crippen molar-refractivity contribution in [3.63, 3.8) is 0 Å². The van der Waals surface area contributed by atoms with Crippen LogP contribution in [0, 0.1) is 11.8 Å². The molecule has 3 heteroatoms. The molecule has 0 bridgehead atoms. The van der Waals surface area contributed by atoms with Crippen LogP contribution in [0.15, 0.2) is 24.3 Å². The third kappa shape index (κ3) is 5.07. The van der Waals surface area contributed by atoms with Crippen LogP contribution in [-0.4, -0.2) is 11.0 Å². The number of carbonyl (C=O) groups excluding carboxylic acids is 1. The molecule has 0 aliphatic heterocycles. The summed E-state index contributed by atoms with van der Waals surface area (Å²) < 4.78 is 0. The first-order valence-corrected chi connectivity index (χ1v) is 8.24. The van der Waals surface area contributed by atoms with E-state index in [1.165, 1.54) is 32.1 Å². The number of hydrogen-bond acceptors (Lipinski definition) is 2. The minimum atomic E-state index is 0.192. The highest BCUT2D eigenvalue weighted by molar-refractivity contribution is 5.78. The van der Waals surface area contributed by atoms with Crippen molar-refractivity contribution >= 4 is 5.91 Å². The molecule has 116 valence electrons. The number of aromatic hydroxyl groups is 1. The zero-order valence-electron chi connectivity index (χ0n) is 13.0. The van der Waals surface area contributed by atoms with Gasteiger partial charge in [-0.2, -0.15) is 0 Å². The van der Waals surface area contributed by atoms with E-state index in [0.717, 1.165) is 24.3 Å². The standard InChI is InChI=1S/C18H27NO2/c1-2-3-4-14-5-9-16(10-6-14)18(21)19-13-15-7-11-17(20)12-8-15/h7-8,11-12,14,16,20H,2-6,9-10,13H2,1H3,(H,19,21). The zero-order chi connectivity index (χ0) is 15.1. The van der Waals surface area contributed by atoms with Crippen LogP contribution in [-0.2, 0) is 11.3 Å². The van der Waals surface area contributed by atoms with E-state index in [0.29, 0.717) is 6.54 Å². The molecule has 0 atom stereocenters. The summed E-state index contributed by atoms with van der Waals surface area (Å²) in [7, 11) is 0. The van der Waals surface area contributed by atoms with Crippen molar-refractivity contribution in [2.24, 2.45) is 11.8 Å². The van der Waals surface area contributed by atoms with Crippen molar-refractivity contribution in [1.82, 2.24) is 5.32 Å². The summed E-state index contributed by atoms with van der Waals surface area (Å²) in [6.07, 6.45) is 8.41. The van der Waals surface area contributed by atoms with Crippen molar-refractivity contribution in [2.45, 2.75) is 58.4 Å². The van der Waals surface area contributed by atoms with Gasteiger partial charge in [0.2, 0.25) is 5.91 Å². The van der Waals surface area contributed by atoms with Crippen LogP contribution < -0.4 is 5.32 Å². The van der Waals surface area contributed by atoms with E-state index >= 15 is 0 Å². The number of rotatable bonds is 6. The average molecular weight is 289 g/mol. The molecular formula is C18H27NO2. The minimum Gasteiger partial charge on any atom is -0.508 e. The summed E-state index contributed by atoms with van der Waals surface area (Å²) in [5.41, 5.74) is 1.03. The fraction of sp³-hybridized carbons (Fsp3) is 0.611. The molecule has 1 aromatic rings. The summed E-state index contributed by atoms with van der Waals surface area (Å²) in [4.78, 5) is 12.2. The molecule has 2 rings (SSSR count). The van der Waals surface area contributed by atoms with Gasteiger partial charge in [-0.1, -0.05) is 38.3 Å². The molecule has 1 amide bonds. The first-order valence-electron chi connectivity index (χ1n) is 8.24. The smallest absolute Gasteiger partial charge is 0.223 e. The fourth-order valence-electron chi connectivity index (χ4n) is 3.15. The van der Waals surface area contributed by atoms with Gasteiger partial charge in [-0.05, 0) is 49.3 Å². The maximum absolute atomic E-state index is 12.2. The highest BCUT2D eigenvalue weighted by Crippen LogP contribution is 2.32. The Kier molecular flexibility index (Phi) is 6.09. The molecule has 0 spiro atoms. The molecule has 1 aliphatic rings. The Bertz CT molecular complexity index is 433. The van der Waals surface area contributed by atoms with Crippen LogP contribution in [0.25, 0.3) is 0 Å². The molecule has 0 unspecified atom stereocenters. The highest BCUT2D eigenvalue weighted by atomic mass is 16.3. The lowest BCUT2D eigenvalue weighted by Gasteiger charge is -2.27. The third-order valence-corrected chi connectivity index (χ3v) is 4.59. The maximum Gasteiger partial charge on any atom is 0.223 e. The maximum atomic E-state index is 12.2. The van der Waals surface area contributed by atoms with Gasteiger partial charge in [-0.25, -0.2) is 0 Å². The summed E-state index contributed by atoms with van der Waals surface area (Å²) in [6, 6.07) is 7.00. The Morgan fingerprint density at radius 3 is 2.48 bits per heavy atom. The van der Waals surface area contributed by atoms with Gasteiger partial charge in [0.05, 0.1) is 0 Å². The van der Waals surface area contributed by atoms with Gasteiger partial charge in [0, 0.05) is 12.5 Å². The van der Waals surface area contributed by atoms with Crippen molar-refractivity contribution in [3.8, 4) is 5.75 Å². The average Bonchev–Trinajstić information content (AvgIpc) is 2.52. The molecule has 1 aliphatic carbocycles. The second-order valence-electron chi connectivity index (χ2n) is 6.24. The molecule has 1 saturated carbocycles. The second-order valence-corrected chi connectivity index (χ2v) is 6.24. The van der Waals surface area contributed by atoms with Gasteiger partial charge in [0.25, 0.3) is 0 Å². The van der Waals surface area contributed by atoms with E-state index in [1.807, 2.05) is 12.1 Å². The Labute approximate surface area is 127 Å². The summed E-state index contributed by atoms with van der Waals surface area (Å²) in [5, 5.41) is 12.3. The number of phenolic OH excluding ortho intramolecular Hbond substituents is 1. The topological polar surface area (TPSA) is 49.3 Å². The van der Waals surface area contributed by atoms with Gasteiger partial charge in [0.15, 0.2) is 0 Å². The van der Waals surface area contributed by atoms with Crippen molar-refractivity contribution in [2.75, 3.05) is 0 Å². The van der Waals surface area contributed by atoms with Crippen LogP contribution in [0.1, 0.15) is 57.4 Å². The number of nitrogens with one attached hydrogen (secondary N) is 1. The second kappa shape index (κ2) is 8.06. The molecule has 0 aromatic heterocycles. The van der Waals surface area contributed by atoms with Crippen LogP contribution in [0.5, 0.6) is 5.75 Å². The predicted octanol–water partition coefficient (Wildman–Crippen LogP) is 4.01. The van der Waals surface area contributed by atoms with E-state index in [2.05, 4.69) is 12.2 Å². The monoisotopic (exact) mass is 289 g/mol. The molecule has 1 fully saturated rings. The largest absolute Gasteiger partial charge is 0.508 e. The third-order valence-electron chi connectivity index (χ3n) is 4.59. The minimum absolute atomic E-state index is 0.192. The van der Waals surface area contributed by atoms with Gasteiger partial charge in [0.1, 0.15) is 5.75 Å². The summed E-state index contributed by atoms with van der Waals surface area (Å²) in [6.45, 7) is 2.79. The normalized spacial score (nSPS) is 22.0. The summed E-state index contributed by atoms with van der Waals surface area (Å²) >= 11 is 0. The Balaban J connectivity index is 1.71. The number of amides is 1. The predicted molar refractivity (Wildman–Crippen MR) is 84.9 cm³/mol. The van der Waals surface area contributed by atoms with Crippen LogP contribution >= 0.6 is 0 Å². The molecule has 0 radical (unpaired) electrons. The Morgan fingerprint density at radius 2 is 1.86 bits per heavy atom. The molecule has 0 heterocycles. The van der Waals surface area contributed by atoms with Gasteiger partial charge < -0.3 is 10.4 Å². The SMILES string of the molecule is CCCCC1CCC(C(=O)NCc2ccc(O)cc2)CC1. The van der Waals surface area contributed by atoms with Crippen molar-refractivity contribution < 1.29 is 9.90 Å². The lowest BCUT2D eigenvalue weighted by Crippen LogP contribution is -2.32. The first-order chi connectivity index (χ1) is 10.2. The van der Waals surface area contributed by atoms with E-state index in [4.69, 9.17) is 0 Å². The first kappa shape index (κ1) is 15.9. The zero-order valence-corrected chi connectivity index (χ0v) is 13.0. The Morgan fingerprint density at radius 1 is 1.19 bits per heavy atom. The van der Waals surface area contributed by atoms with Crippen molar-refractivity contribution in [3.05, 3.63) is 29.8 Å². The van der Waals surface area contributed by atoms with Gasteiger partial charge in [-0.15, -0.1) is 0 Å². The van der Waals surface area contributed by atoms with E-state index in [9.17, 15) is 9.90 Å². The number of unbranched alkanes of at least 4 members (excludes halogenated alkanes) is 1. The van der Waals surface area contributed by atoms with E-state index < -0.39 is 0 Å². The molecular weight excluding hydrogens is 262 g/mol. The molecule has 21 heavy (non-hydrogen) atoms. The fourth-order valence-corrected chi connectivity index (χ4v) is 3.15. The Hall–Kier alpha value is -1.51. The molecule has 2 N–H and O–H groups in total. The van der Waals surface area contributed by atoms with Crippen molar-refractivity contribution in [1.29, 1.82) is 0 Å². The van der Waals surface area contributed by atoms with E-state index in [-0.39, 0.29) is 17.6 Å². The quantitative estimate of drug-likeness (QED) is 0.831. The van der Waals surface area contributed by atoms with E-state index in [1.54, 1.807) is 12.1 Å². The summed E-state index contributed by atoms with van der Waals surface area (Å²) in [5.74, 6) is 1.48. The highest BCUT2D eigenvalue weighted by Gasteiger charge is 2.25. The number of carbonyl (C=O) groups is 1. The lowest BCUT2D eigenvalue weighted by atomic mass is 9.79. The number of benzene rings is 1.